The van der Waals surface area contributed by atoms with E-state index in [2.05, 4.69) is 15.3 Å². The molecule has 0 aliphatic heterocycles. The molecule has 1 unspecified atom stereocenters. The molecule has 1 atom stereocenters. The van der Waals surface area contributed by atoms with Crippen LogP contribution in [0, 0.1) is 0 Å². The molecule has 0 fully saturated rings. The molecular weight excluding hydrogens is 168 g/mol. The molecule has 0 aliphatic rings. The van der Waals surface area contributed by atoms with Crippen molar-refractivity contribution in [2.24, 2.45) is 5.73 Å². The Morgan fingerprint density at radius 1 is 1.85 bits per heavy atom. The molecule has 0 aromatic carbocycles. The first-order valence-electron chi connectivity index (χ1n) is 4.19. The van der Waals surface area contributed by atoms with Gasteiger partial charge in [-0.1, -0.05) is 0 Å². The summed E-state index contributed by atoms with van der Waals surface area (Å²) in [7, 11) is 0. The molecule has 0 spiro atoms. The summed E-state index contributed by atoms with van der Waals surface area (Å²) in [5.41, 5.74) is 5.46. The summed E-state index contributed by atoms with van der Waals surface area (Å²) in [6, 6.07) is -0.100. The molecule has 1 rings (SSSR count). The number of nitrogens with two attached hydrogens (primary N) is 1. The van der Waals surface area contributed by atoms with Crippen molar-refractivity contribution in [3.8, 4) is 0 Å². The van der Waals surface area contributed by atoms with Crippen LogP contribution < -0.4 is 11.1 Å². The van der Waals surface area contributed by atoms with Gasteiger partial charge in [-0.2, -0.15) is 0 Å². The summed E-state index contributed by atoms with van der Waals surface area (Å²) in [6.45, 7) is 2.23. The fraction of sp³-hybridized carbons (Fsp3) is 0.500. The van der Waals surface area contributed by atoms with Crippen molar-refractivity contribution in [2.75, 3.05) is 0 Å². The minimum absolute atomic E-state index is 0.0496. The Morgan fingerprint density at radius 3 is 3.15 bits per heavy atom. The fourth-order valence-corrected chi connectivity index (χ4v) is 0.942. The second-order valence-electron chi connectivity index (χ2n) is 2.99. The highest BCUT2D eigenvalue weighted by molar-refractivity contribution is 5.76. The zero-order chi connectivity index (χ0) is 9.68. The normalized spacial score (nSPS) is 12.5. The van der Waals surface area contributed by atoms with Crippen LogP contribution in [0.15, 0.2) is 12.4 Å². The van der Waals surface area contributed by atoms with Gasteiger partial charge >= 0.3 is 0 Å². The molecule has 0 saturated heterocycles. The number of aromatic nitrogens is 2. The number of rotatable bonds is 4. The van der Waals surface area contributed by atoms with E-state index in [0.29, 0.717) is 13.0 Å². The third kappa shape index (κ3) is 3.71. The van der Waals surface area contributed by atoms with E-state index in [1.165, 1.54) is 0 Å². The lowest BCUT2D eigenvalue weighted by Crippen LogP contribution is -2.29. The van der Waals surface area contributed by atoms with Gasteiger partial charge in [-0.05, 0) is 6.92 Å². The highest BCUT2D eigenvalue weighted by atomic mass is 16.1. The van der Waals surface area contributed by atoms with Crippen LogP contribution in [0.3, 0.4) is 0 Å². The summed E-state index contributed by atoms with van der Waals surface area (Å²) < 4.78 is 0. The summed E-state index contributed by atoms with van der Waals surface area (Å²) in [5, 5.41) is 2.70. The molecule has 0 saturated carbocycles. The van der Waals surface area contributed by atoms with Crippen molar-refractivity contribution in [3.05, 3.63) is 18.2 Å². The Balaban J connectivity index is 2.23. The van der Waals surface area contributed by atoms with Crippen LogP contribution in [0.2, 0.25) is 0 Å². The maximum Gasteiger partial charge on any atom is 0.221 e. The number of hydrogen-bond acceptors (Lipinski definition) is 3. The maximum atomic E-state index is 11.1. The van der Waals surface area contributed by atoms with Gasteiger partial charge in [0.05, 0.1) is 6.54 Å². The first kappa shape index (κ1) is 9.73. The average molecular weight is 182 g/mol. The van der Waals surface area contributed by atoms with Crippen LogP contribution in [0.5, 0.6) is 0 Å². The molecule has 13 heavy (non-hydrogen) atoms. The van der Waals surface area contributed by atoms with Crippen molar-refractivity contribution in [2.45, 2.75) is 25.9 Å². The van der Waals surface area contributed by atoms with Gasteiger partial charge < -0.3 is 16.0 Å². The minimum Gasteiger partial charge on any atom is -0.349 e. The van der Waals surface area contributed by atoms with E-state index in [0.717, 1.165) is 5.82 Å². The molecule has 1 amide bonds. The molecule has 0 bridgehead atoms. The zero-order valence-corrected chi connectivity index (χ0v) is 7.58. The van der Waals surface area contributed by atoms with Gasteiger partial charge in [0.25, 0.3) is 0 Å². The Labute approximate surface area is 76.7 Å². The third-order valence-corrected chi connectivity index (χ3v) is 1.52. The summed E-state index contributed by atoms with van der Waals surface area (Å²) >= 11 is 0. The summed E-state index contributed by atoms with van der Waals surface area (Å²) in [6.07, 6.45) is 3.71. The van der Waals surface area contributed by atoms with E-state index in [1.54, 1.807) is 19.3 Å². The second-order valence-corrected chi connectivity index (χ2v) is 2.99. The van der Waals surface area contributed by atoms with Crippen LogP contribution in [-0.2, 0) is 11.3 Å². The van der Waals surface area contributed by atoms with E-state index in [4.69, 9.17) is 5.73 Å². The first-order chi connectivity index (χ1) is 6.18. The topological polar surface area (TPSA) is 83.8 Å². The monoisotopic (exact) mass is 182 g/mol. The third-order valence-electron chi connectivity index (χ3n) is 1.52. The van der Waals surface area contributed by atoms with Crippen LogP contribution in [0.4, 0.5) is 0 Å². The molecule has 5 nitrogen and oxygen atoms in total. The Hall–Kier alpha value is -1.36. The fourth-order valence-electron chi connectivity index (χ4n) is 0.942. The van der Waals surface area contributed by atoms with Gasteiger partial charge in [-0.3, -0.25) is 4.79 Å². The van der Waals surface area contributed by atoms with E-state index in [9.17, 15) is 4.79 Å². The van der Waals surface area contributed by atoms with Crippen LogP contribution in [0.25, 0.3) is 0 Å². The number of nitrogens with one attached hydrogen (secondary N) is 2. The lowest BCUT2D eigenvalue weighted by molar-refractivity contribution is -0.121. The van der Waals surface area contributed by atoms with Gasteiger partial charge in [0.15, 0.2) is 0 Å². The first-order valence-corrected chi connectivity index (χ1v) is 4.19. The predicted octanol–water partition coefficient (Wildman–Crippen LogP) is -0.237. The zero-order valence-electron chi connectivity index (χ0n) is 7.58. The number of amides is 1. The number of carbonyl (C=O) groups excluding carboxylic acids is 1. The summed E-state index contributed by atoms with van der Waals surface area (Å²) in [5.74, 6) is 0.699. The molecule has 1 aromatic heterocycles. The van der Waals surface area contributed by atoms with Gasteiger partial charge in [-0.15, -0.1) is 0 Å². The Kier molecular flexibility index (Phi) is 3.45. The SMILES string of the molecule is CC(N)CC(=O)NCc1ncc[nH]1. The smallest absolute Gasteiger partial charge is 0.221 e. The number of hydrogen-bond donors (Lipinski definition) is 3. The van der Waals surface area contributed by atoms with Crippen molar-refractivity contribution >= 4 is 5.91 Å². The lowest BCUT2D eigenvalue weighted by atomic mass is 10.2. The van der Waals surface area contributed by atoms with Gasteiger partial charge in [-0.25, -0.2) is 4.98 Å². The average Bonchev–Trinajstić information content (AvgIpc) is 2.51. The number of carbonyl (C=O) groups is 1. The standard InChI is InChI=1S/C8H14N4O/c1-6(9)4-8(13)12-5-7-10-2-3-11-7/h2-3,6H,4-5,9H2,1H3,(H,10,11)(H,12,13). The molecule has 5 heteroatoms. The predicted molar refractivity (Wildman–Crippen MR) is 48.7 cm³/mol. The molecule has 1 heterocycles. The second kappa shape index (κ2) is 4.61. The Bertz CT molecular complexity index is 255. The van der Waals surface area contributed by atoms with Crippen LogP contribution in [0.1, 0.15) is 19.2 Å². The summed E-state index contributed by atoms with van der Waals surface area (Å²) in [4.78, 5) is 18.0. The van der Waals surface area contributed by atoms with E-state index in [-0.39, 0.29) is 11.9 Å². The highest BCUT2D eigenvalue weighted by Gasteiger charge is 2.04. The molecule has 0 radical (unpaired) electrons. The number of imidazole rings is 1. The minimum atomic E-state index is -0.100. The molecule has 0 aliphatic carbocycles. The van der Waals surface area contributed by atoms with Crippen LogP contribution in [-0.4, -0.2) is 21.9 Å². The number of nitrogens with zero attached hydrogens (tertiary/aromatic N) is 1. The van der Waals surface area contributed by atoms with Gasteiger partial charge in [0.1, 0.15) is 5.82 Å². The number of aromatic amines is 1. The van der Waals surface area contributed by atoms with Crippen molar-refractivity contribution < 1.29 is 4.79 Å². The van der Waals surface area contributed by atoms with Gasteiger partial charge in [0, 0.05) is 24.9 Å². The molecule has 72 valence electrons. The Morgan fingerprint density at radius 2 is 2.62 bits per heavy atom. The van der Waals surface area contributed by atoms with Crippen molar-refractivity contribution in [1.29, 1.82) is 0 Å². The highest BCUT2D eigenvalue weighted by Crippen LogP contribution is 1.89. The van der Waals surface area contributed by atoms with Gasteiger partial charge in [0.2, 0.25) is 5.91 Å². The molecule has 1 aromatic rings. The largest absolute Gasteiger partial charge is 0.349 e. The lowest BCUT2D eigenvalue weighted by Gasteiger charge is -2.05. The molecular formula is C8H14N4O. The van der Waals surface area contributed by atoms with Crippen molar-refractivity contribution in [3.63, 3.8) is 0 Å². The van der Waals surface area contributed by atoms with E-state index < -0.39 is 0 Å². The molecule has 4 N–H and O–H groups in total. The van der Waals surface area contributed by atoms with Crippen molar-refractivity contribution in [1.82, 2.24) is 15.3 Å². The van der Waals surface area contributed by atoms with Crippen LogP contribution >= 0.6 is 0 Å². The quantitative estimate of drug-likeness (QED) is 0.601. The van der Waals surface area contributed by atoms with E-state index in [1.807, 2.05) is 0 Å². The number of H-pyrrole nitrogens is 1. The maximum absolute atomic E-state index is 11.1. The van der Waals surface area contributed by atoms with E-state index >= 15 is 0 Å².